The molecule has 0 saturated heterocycles. The van der Waals surface area contributed by atoms with Crippen molar-refractivity contribution in [2.24, 2.45) is 0 Å². The molecule has 0 radical (unpaired) electrons. The summed E-state index contributed by atoms with van der Waals surface area (Å²) in [6, 6.07) is 8.70. The average molecular weight is 381 g/mol. The van der Waals surface area contributed by atoms with Gasteiger partial charge in [-0.2, -0.15) is 0 Å². The number of carboxylic acids is 1. The summed E-state index contributed by atoms with van der Waals surface area (Å²) in [6.45, 7) is 5.13. The Morgan fingerprint density at radius 3 is 2.18 bits per heavy atom. The van der Waals surface area contributed by atoms with Crippen molar-refractivity contribution in [2.45, 2.75) is 26.7 Å². The van der Waals surface area contributed by atoms with Crippen molar-refractivity contribution in [3.8, 4) is 28.6 Å². The molecule has 28 heavy (non-hydrogen) atoms. The van der Waals surface area contributed by atoms with Crippen LogP contribution in [0.3, 0.4) is 0 Å². The summed E-state index contributed by atoms with van der Waals surface area (Å²) in [7, 11) is 0. The molecule has 8 heteroatoms. The number of aromatic carboxylic acids is 1. The molecule has 0 aliphatic heterocycles. The molecule has 0 fully saturated rings. The minimum Gasteiger partial charge on any atom is -0.508 e. The van der Waals surface area contributed by atoms with Crippen molar-refractivity contribution < 1.29 is 24.9 Å². The summed E-state index contributed by atoms with van der Waals surface area (Å²) in [5.74, 6) is -1.45. The Morgan fingerprint density at radius 1 is 1.00 bits per heavy atom. The fourth-order valence-electron chi connectivity index (χ4n) is 2.92. The Labute approximate surface area is 160 Å². The number of carbonyl (C=O) groups is 2. The van der Waals surface area contributed by atoms with Crippen LogP contribution >= 0.6 is 0 Å². The minimum absolute atomic E-state index is 0.0159. The van der Waals surface area contributed by atoms with Crippen LogP contribution in [-0.2, 0) is 0 Å². The smallest absolute Gasteiger partial charge is 0.335 e. The molecular formula is C20H19N3O5. The zero-order valence-electron chi connectivity index (χ0n) is 15.5. The van der Waals surface area contributed by atoms with Crippen molar-refractivity contribution in [2.75, 3.05) is 0 Å². The standard InChI is InChI=1S/C20H19N3O5/c1-10(2)14-8-15(17(26)9-16(14)25)19-22-21-18(11(3)24)23(19)13-6-4-12(5-7-13)20(27)28/h4-10,25-26H,1-3H3,(H,27,28). The summed E-state index contributed by atoms with van der Waals surface area (Å²) in [5.41, 5.74) is 1.46. The number of benzene rings is 2. The number of phenolic OH excluding ortho intramolecular Hbond substituents is 2. The van der Waals surface area contributed by atoms with Gasteiger partial charge >= 0.3 is 5.97 Å². The zero-order chi connectivity index (χ0) is 20.6. The third-order valence-electron chi connectivity index (χ3n) is 4.36. The Bertz CT molecular complexity index is 1070. The van der Waals surface area contributed by atoms with Crippen molar-refractivity contribution in [3.63, 3.8) is 0 Å². The van der Waals surface area contributed by atoms with Crippen LogP contribution in [0.4, 0.5) is 0 Å². The van der Waals surface area contributed by atoms with Gasteiger partial charge in [0.15, 0.2) is 11.6 Å². The summed E-state index contributed by atoms with van der Waals surface area (Å²) in [6.07, 6.45) is 0. The lowest BCUT2D eigenvalue weighted by Gasteiger charge is -2.14. The minimum atomic E-state index is -1.07. The lowest BCUT2D eigenvalue weighted by molar-refractivity contribution is 0.0696. The lowest BCUT2D eigenvalue weighted by atomic mass is 9.98. The number of hydrogen-bond donors (Lipinski definition) is 3. The number of aromatic hydroxyl groups is 2. The first-order valence-corrected chi connectivity index (χ1v) is 8.57. The second kappa shape index (κ2) is 7.15. The van der Waals surface area contributed by atoms with E-state index in [9.17, 15) is 19.8 Å². The zero-order valence-corrected chi connectivity index (χ0v) is 15.5. The molecule has 1 aromatic heterocycles. The van der Waals surface area contributed by atoms with Gasteiger partial charge in [-0.15, -0.1) is 10.2 Å². The Kier molecular flexibility index (Phi) is 4.87. The SMILES string of the molecule is CC(=O)c1nnc(-c2cc(C(C)C)c(O)cc2O)n1-c1ccc(C(=O)O)cc1. The van der Waals surface area contributed by atoms with Gasteiger partial charge in [0.05, 0.1) is 11.1 Å². The molecule has 144 valence electrons. The van der Waals surface area contributed by atoms with Gasteiger partial charge < -0.3 is 15.3 Å². The summed E-state index contributed by atoms with van der Waals surface area (Å²) in [5, 5.41) is 37.6. The molecule has 0 atom stereocenters. The largest absolute Gasteiger partial charge is 0.508 e. The number of aromatic nitrogens is 3. The van der Waals surface area contributed by atoms with E-state index in [0.717, 1.165) is 0 Å². The molecule has 3 N–H and O–H groups in total. The third kappa shape index (κ3) is 3.32. The van der Waals surface area contributed by atoms with E-state index in [-0.39, 0.29) is 40.4 Å². The molecule has 1 heterocycles. The number of hydrogen-bond acceptors (Lipinski definition) is 6. The first kappa shape index (κ1) is 19.1. The maximum absolute atomic E-state index is 12.1. The predicted octanol–water partition coefficient (Wildman–Crippen LogP) is 3.37. The summed E-state index contributed by atoms with van der Waals surface area (Å²) >= 11 is 0. The van der Waals surface area contributed by atoms with Gasteiger partial charge in [0.1, 0.15) is 11.5 Å². The number of rotatable bonds is 5. The van der Waals surface area contributed by atoms with Crippen molar-refractivity contribution in [3.05, 3.63) is 53.3 Å². The molecule has 0 spiro atoms. The Morgan fingerprint density at radius 2 is 1.64 bits per heavy atom. The van der Waals surface area contributed by atoms with Crippen LogP contribution < -0.4 is 0 Å². The highest BCUT2D eigenvalue weighted by Gasteiger charge is 2.22. The van der Waals surface area contributed by atoms with Crippen molar-refractivity contribution in [1.82, 2.24) is 14.8 Å². The maximum Gasteiger partial charge on any atom is 0.335 e. The highest BCUT2D eigenvalue weighted by molar-refractivity contribution is 5.92. The Balaban J connectivity index is 2.25. The number of Topliss-reactive ketones (excluding diaryl/α,β-unsaturated/α-hetero) is 1. The van der Waals surface area contributed by atoms with Crippen molar-refractivity contribution >= 4 is 11.8 Å². The third-order valence-corrected chi connectivity index (χ3v) is 4.36. The van der Waals surface area contributed by atoms with E-state index in [2.05, 4.69) is 10.2 Å². The predicted molar refractivity (Wildman–Crippen MR) is 101 cm³/mol. The lowest BCUT2D eigenvalue weighted by Crippen LogP contribution is -2.08. The van der Waals surface area contributed by atoms with Gasteiger partial charge in [0.25, 0.3) is 0 Å². The van der Waals surface area contributed by atoms with Gasteiger partial charge in [-0.05, 0) is 41.8 Å². The normalized spacial score (nSPS) is 11.0. The fraction of sp³-hybridized carbons (Fsp3) is 0.200. The highest BCUT2D eigenvalue weighted by atomic mass is 16.4. The second-order valence-corrected chi connectivity index (χ2v) is 6.67. The van der Waals surface area contributed by atoms with Crippen LogP contribution in [0.2, 0.25) is 0 Å². The summed E-state index contributed by atoms with van der Waals surface area (Å²) < 4.78 is 1.45. The first-order valence-electron chi connectivity index (χ1n) is 8.57. The van der Waals surface area contributed by atoms with Crippen LogP contribution in [-0.4, -0.2) is 41.8 Å². The van der Waals surface area contributed by atoms with Crippen LogP contribution in [0.25, 0.3) is 17.1 Å². The molecule has 8 nitrogen and oxygen atoms in total. The number of carbonyl (C=O) groups excluding carboxylic acids is 1. The first-order chi connectivity index (χ1) is 13.2. The molecule has 0 aliphatic rings. The van der Waals surface area contributed by atoms with E-state index < -0.39 is 5.97 Å². The molecule has 2 aromatic carbocycles. The molecule has 0 saturated carbocycles. The molecule has 0 amide bonds. The summed E-state index contributed by atoms with van der Waals surface area (Å²) in [4.78, 5) is 23.2. The van der Waals surface area contributed by atoms with E-state index in [1.54, 1.807) is 6.07 Å². The average Bonchev–Trinajstić information content (AvgIpc) is 3.06. The van der Waals surface area contributed by atoms with Gasteiger partial charge in [-0.3, -0.25) is 9.36 Å². The van der Waals surface area contributed by atoms with Crippen LogP contribution in [0.15, 0.2) is 36.4 Å². The topological polar surface area (TPSA) is 126 Å². The molecule has 3 rings (SSSR count). The quantitative estimate of drug-likeness (QED) is 0.579. The second-order valence-electron chi connectivity index (χ2n) is 6.67. The molecule has 0 unspecified atom stereocenters. The van der Waals surface area contributed by atoms with Gasteiger partial charge in [0.2, 0.25) is 5.82 Å². The van der Waals surface area contributed by atoms with Gasteiger partial charge in [0, 0.05) is 18.7 Å². The van der Waals surface area contributed by atoms with Crippen LogP contribution in [0, 0.1) is 0 Å². The fourth-order valence-corrected chi connectivity index (χ4v) is 2.92. The monoisotopic (exact) mass is 381 g/mol. The number of nitrogens with zero attached hydrogens (tertiary/aromatic N) is 3. The van der Waals surface area contributed by atoms with Crippen molar-refractivity contribution in [1.29, 1.82) is 0 Å². The van der Waals surface area contributed by atoms with Gasteiger partial charge in [-0.1, -0.05) is 13.8 Å². The number of ketones is 1. The highest BCUT2D eigenvalue weighted by Crippen LogP contribution is 2.38. The molecular weight excluding hydrogens is 362 g/mol. The number of phenols is 2. The van der Waals surface area contributed by atoms with Gasteiger partial charge in [-0.25, -0.2) is 4.79 Å². The van der Waals surface area contributed by atoms with E-state index >= 15 is 0 Å². The molecule has 0 aliphatic carbocycles. The maximum atomic E-state index is 12.1. The molecule has 3 aromatic rings. The van der Waals surface area contributed by atoms with Crippen LogP contribution in [0.1, 0.15) is 53.2 Å². The van der Waals surface area contributed by atoms with E-state index in [0.29, 0.717) is 16.8 Å². The van der Waals surface area contributed by atoms with E-state index in [4.69, 9.17) is 5.11 Å². The Hall–Kier alpha value is -3.68. The van der Waals surface area contributed by atoms with E-state index in [1.807, 2.05) is 13.8 Å². The molecule has 0 bridgehead atoms. The van der Waals surface area contributed by atoms with Crippen LogP contribution in [0.5, 0.6) is 11.5 Å². The van der Waals surface area contributed by atoms with E-state index in [1.165, 1.54) is 41.8 Å². The number of carboxylic acid groups (broad SMARTS) is 1.